The number of carbonyl (C=O) groups excluding carboxylic acids is 4. The van der Waals surface area contributed by atoms with Crippen LogP contribution in [0.1, 0.15) is 54.1 Å². The van der Waals surface area contributed by atoms with Crippen molar-refractivity contribution in [3.05, 3.63) is 34.9 Å². The van der Waals surface area contributed by atoms with Crippen LogP contribution in [0.15, 0.2) is 18.2 Å². The molecule has 1 aromatic rings. The minimum atomic E-state index is -0.905. The second-order valence-corrected chi connectivity index (χ2v) is 7.76. The average molecular weight is 386 g/mol. The molecule has 1 aliphatic heterocycles. The predicted octanol–water partition coefficient (Wildman–Crippen LogP) is 1.57. The number of amides is 5. The molecular weight excluding hydrogens is 360 g/mol. The van der Waals surface area contributed by atoms with Crippen molar-refractivity contribution in [3.8, 4) is 0 Å². The Morgan fingerprint density at radius 1 is 1.21 bits per heavy atom. The topological polar surface area (TPSA) is 108 Å². The Balaban J connectivity index is 1.59. The molecule has 3 N–H and O–H groups in total. The molecule has 150 valence electrons. The van der Waals surface area contributed by atoms with Gasteiger partial charge in [-0.1, -0.05) is 37.5 Å². The Morgan fingerprint density at radius 3 is 2.64 bits per heavy atom. The first kappa shape index (κ1) is 19.9. The minimum absolute atomic E-state index is 0.0231. The lowest BCUT2D eigenvalue weighted by molar-refractivity contribution is -0.137. The van der Waals surface area contributed by atoms with Crippen LogP contribution in [0.2, 0.25) is 0 Å². The number of benzene rings is 1. The van der Waals surface area contributed by atoms with E-state index in [0.29, 0.717) is 12.0 Å². The van der Waals surface area contributed by atoms with Gasteiger partial charge in [-0.3, -0.25) is 30.1 Å². The summed E-state index contributed by atoms with van der Waals surface area (Å²) >= 11 is 0. The summed E-state index contributed by atoms with van der Waals surface area (Å²) in [6, 6.07) is 4.79. The number of aryl methyl sites for hydroxylation is 2. The molecule has 2 fully saturated rings. The first-order chi connectivity index (χ1) is 13.2. The molecule has 28 heavy (non-hydrogen) atoms. The Kier molecular flexibility index (Phi) is 5.40. The Bertz CT molecular complexity index is 837. The molecule has 1 spiro atoms. The average Bonchev–Trinajstić information content (AvgIpc) is 2.87. The highest BCUT2D eigenvalue weighted by Gasteiger charge is 2.55. The van der Waals surface area contributed by atoms with Crippen LogP contribution in [-0.4, -0.2) is 40.7 Å². The lowest BCUT2D eigenvalue weighted by atomic mass is 9.73. The number of carbonyl (C=O) groups is 4. The standard InChI is InChI=1S/C20H26N4O4/c1-12-7-8-15(13(2)10-12)17(26)23-22-16(25)11-24-18(27)20(21-19(24)28)9-5-4-6-14(20)3/h7-8,10,14H,4-6,9,11H2,1-3H3,(H,21,28)(H,22,25)(H,23,26). The number of hydrogen-bond acceptors (Lipinski definition) is 4. The number of urea groups is 1. The summed E-state index contributed by atoms with van der Waals surface area (Å²) in [7, 11) is 0. The maximum atomic E-state index is 12.9. The molecule has 0 radical (unpaired) electrons. The van der Waals surface area contributed by atoms with Gasteiger partial charge in [0.05, 0.1) is 0 Å². The fourth-order valence-corrected chi connectivity index (χ4v) is 4.08. The first-order valence-electron chi connectivity index (χ1n) is 9.55. The van der Waals surface area contributed by atoms with E-state index in [2.05, 4.69) is 16.2 Å². The molecule has 0 aromatic heterocycles. The molecule has 5 amide bonds. The summed E-state index contributed by atoms with van der Waals surface area (Å²) in [4.78, 5) is 50.5. The molecule has 1 aliphatic carbocycles. The van der Waals surface area contributed by atoms with E-state index in [1.54, 1.807) is 6.07 Å². The van der Waals surface area contributed by atoms with Crippen LogP contribution >= 0.6 is 0 Å². The van der Waals surface area contributed by atoms with Crippen LogP contribution in [0.25, 0.3) is 0 Å². The molecule has 2 atom stereocenters. The van der Waals surface area contributed by atoms with E-state index >= 15 is 0 Å². The van der Waals surface area contributed by atoms with Gasteiger partial charge in [-0.2, -0.15) is 0 Å². The third-order valence-electron chi connectivity index (χ3n) is 5.75. The van der Waals surface area contributed by atoms with Gasteiger partial charge in [-0.15, -0.1) is 0 Å². The maximum Gasteiger partial charge on any atom is 0.325 e. The Morgan fingerprint density at radius 2 is 1.96 bits per heavy atom. The van der Waals surface area contributed by atoms with E-state index in [4.69, 9.17) is 0 Å². The normalized spacial score (nSPS) is 24.2. The van der Waals surface area contributed by atoms with Gasteiger partial charge in [0.1, 0.15) is 12.1 Å². The van der Waals surface area contributed by atoms with Gasteiger partial charge in [-0.05, 0) is 44.2 Å². The number of nitrogens with one attached hydrogen (secondary N) is 3. The lowest BCUT2D eigenvalue weighted by Gasteiger charge is -2.36. The largest absolute Gasteiger partial charge is 0.325 e. The summed E-state index contributed by atoms with van der Waals surface area (Å²) in [6.07, 6.45) is 3.33. The summed E-state index contributed by atoms with van der Waals surface area (Å²) in [5.74, 6) is -1.43. The highest BCUT2D eigenvalue weighted by molar-refractivity contribution is 6.09. The van der Waals surface area contributed by atoms with Gasteiger partial charge in [-0.25, -0.2) is 4.79 Å². The van der Waals surface area contributed by atoms with Crippen LogP contribution < -0.4 is 16.2 Å². The SMILES string of the molecule is Cc1ccc(C(=O)NNC(=O)CN2C(=O)NC3(CCCCC3C)C2=O)c(C)c1. The van der Waals surface area contributed by atoms with E-state index < -0.39 is 29.9 Å². The number of nitrogens with zero attached hydrogens (tertiary/aromatic N) is 1. The maximum absolute atomic E-state index is 12.9. The van der Waals surface area contributed by atoms with Gasteiger partial charge in [0, 0.05) is 5.56 Å². The molecule has 0 bridgehead atoms. The molecule has 3 rings (SSSR count). The van der Waals surface area contributed by atoms with E-state index in [1.807, 2.05) is 32.9 Å². The van der Waals surface area contributed by atoms with E-state index in [0.717, 1.165) is 35.3 Å². The monoisotopic (exact) mass is 386 g/mol. The molecule has 2 aliphatic rings. The zero-order valence-corrected chi connectivity index (χ0v) is 16.4. The second-order valence-electron chi connectivity index (χ2n) is 7.76. The van der Waals surface area contributed by atoms with Crippen molar-refractivity contribution in [1.82, 2.24) is 21.1 Å². The summed E-state index contributed by atoms with van der Waals surface area (Å²) in [6.45, 7) is 5.24. The zero-order valence-electron chi connectivity index (χ0n) is 16.4. The molecule has 1 saturated heterocycles. The molecule has 1 heterocycles. The second kappa shape index (κ2) is 7.61. The quantitative estimate of drug-likeness (QED) is 0.541. The van der Waals surface area contributed by atoms with Gasteiger partial charge >= 0.3 is 6.03 Å². The number of imide groups is 1. The number of hydrogen-bond donors (Lipinski definition) is 3. The smallest absolute Gasteiger partial charge is 0.323 e. The summed E-state index contributed by atoms with van der Waals surface area (Å²) in [5.41, 5.74) is 5.97. The van der Waals surface area contributed by atoms with Gasteiger partial charge in [0.15, 0.2) is 0 Å². The summed E-state index contributed by atoms with van der Waals surface area (Å²) in [5, 5.41) is 2.80. The zero-order chi connectivity index (χ0) is 20.5. The Labute approximate surface area is 164 Å². The minimum Gasteiger partial charge on any atom is -0.323 e. The fourth-order valence-electron chi connectivity index (χ4n) is 4.08. The van der Waals surface area contributed by atoms with Crippen molar-refractivity contribution in [2.24, 2.45) is 5.92 Å². The third kappa shape index (κ3) is 3.58. The molecule has 1 saturated carbocycles. The van der Waals surface area contributed by atoms with Gasteiger partial charge < -0.3 is 5.32 Å². The van der Waals surface area contributed by atoms with Crippen LogP contribution in [0, 0.1) is 19.8 Å². The third-order valence-corrected chi connectivity index (χ3v) is 5.75. The van der Waals surface area contributed by atoms with Crippen molar-refractivity contribution in [3.63, 3.8) is 0 Å². The molecule has 2 unspecified atom stereocenters. The van der Waals surface area contributed by atoms with E-state index in [1.165, 1.54) is 0 Å². The van der Waals surface area contributed by atoms with Crippen molar-refractivity contribution < 1.29 is 19.2 Å². The van der Waals surface area contributed by atoms with E-state index in [9.17, 15) is 19.2 Å². The lowest BCUT2D eigenvalue weighted by Crippen LogP contribution is -2.54. The molecule has 8 heteroatoms. The predicted molar refractivity (Wildman–Crippen MR) is 102 cm³/mol. The van der Waals surface area contributed by atoms with Crippen molar-refractivity contribution in [2.45, 2.75) is 52.0 Å². The number of rotatable bonds is 3. The van der Waals surface area contributed by atoms with Gasteiger partial charge in [0.2, 0.25) is 0 Å². The van der Waals surface area contributed by atoms with Crippen LogP contribution in [-0.2, 0) is 9.59 Å². The highest BCUT2D eigenvalue weighted by atomic mass is 16.2. The van der Waals surface area contributed by atoms with Crippen molar-refractivity contribution in [2.75, 3.05) is 6.54 Å². The molecular formula is C20H26N4O4. The number of hydrazine groups is 1. The highest BCUT2D eigenvalue weighted by Crippen LogP contribution is 2.38. The molecule has 1 aromatic carbocycles. The fraction of sp³-hybridized carbons (Fsp3) is 0.500. The van der Waals surface area contributed by atoms with Crippen LogP contribution in [0.5, 0.6) is 0 Å². The van der Waals surface area contributed by atoms with E-state index in [-0.39, 0.29) is 11.8 Å². The van der Waals surface area contributed by atoms with Crippen LogP contribution in [0.4, 0.5) is 4.79 Å². The van der Waals surface area contributed by atoms with Crippen molar-refractivity contribution >= 4 is 23.8 Å². The molecule has 8 nitrogen and oxygen atoms in total. The Hall–Kier alpha value is -2.90. The summed E-state index contributed by atoms with van der Waals surface area (Å²) < 4.78 is 0. The van der Waals surface area contributed by atoms with Gasteiger partial charge in [0.25, 0.3) is 17.7 Å². The van der Waals surface area contributed by atoms with Crippen LogP contribution in [0.3, 0.4) is 0 Å². The first-order valence-corrected chi connectivity index (χ1v) is 9.55. The van der Waals surface area contributed by atoms with Crippen molar-refractivity contribution in [1.29, 1.82) is 0 Å².